The number of ether oxygens (including phenoxy) is 2. The zero-order chi connectivity index (χ0) is 23.9. The number of benzene rings is 3. The maximum absolute atomic E-state index is 12.4. The highest BCUT2D eigenvalue weighted by molar-refractivity contribution is 7.99. The van der Waals surface area contributed by atoms with Crippen molar-refractivity contribution < 1.29 is 14.3 Å². The Balaban J connectivity index is 1.58. The van der Waals surface area contributed by atoms with Crippen LogP contribution in [0.4, 0.5) is 5.69 Å². The highest BCUT2D eigenvalue weighted by Crippen LogP contribution is 2.31. The van der Waals surface area contributed by atoms with E-state index in [0.29, 0.717) is 16.5 Å². The van der Waals surface area contributed by atoms with Crippen molar-refractivity contribution in [3.8, 4) is 34.0 Å². The van der Waals surface area contributed by atoms with Crippen molar-refractivity contribution in [2.24, 2.45) is 0 Å². The highest BCUT2D eigenvalue weighted by atomic mass is 32.2. The topological polar surface area (TPSA) is 86.2 Å². The van der Waals surface area contributed by atoms with E-state index < -0.39 is 0 Å². The molecule has 8 heteroatoms. The van der Waals surface area contributed by atoms with Gasteiger partial charge in [0.05, 0.1) is 20.0 Å². The molecule has 3 aromatic carbocycles. The van der Waals surface area contributed by atoms with Gasteiger partial charge < -0.3 is 14.8 Å². The maximum Gasteiger partial charge on any atom is 0.234 e. The molecule has 0 saturated heterocycles. The summed E-state index contributed by atoms with van der Waals surface area (Å²) in [5.41, 5.74) is 4.93. The van der Waals surface area contributed by atoms with Gasteiger partial charge in [-0.1, -0.05) is 29.5 Å². The van der Waals surface area contributed by atoms with E-state index in [4.69, 9.17) is 14.5 Å². The van der Waals surface area contributed by atoms with Gasteiger partial charge in [-0.05, 0) is 67.6 Å². The number of amides is 1. The van der Waals surface area contributed by atoms with E-state index in [1.807, 2.05) is 79.7 Å². The van der Waals surface area contributed by atoms with Crippen molar-refractivity contribution in [2.45, 2.75) is 12.1 Å². The summed E-state index contributed by atoms with van der Waals surface area (Å²) in [6.07, 6.45) is 0. The van der Waals surface area contributed by atoms with E-state index in [2.05, 4.69) is 15.5 Å². The van der Waals surface area contributed by atoms with Gasteiger partial charge in [-0.3, -0.25) is 4.79 Å². The summed E-state index contributed by atoms with van der Waals surface area (Å²) >= 11 is 1.24. The normalized spacial score (nSPS) is 10.6. The van der Waals surface area contributed by atoms with Crippen molar-refractivity contribution in [2.75, 3.05) is 25.3 Å². The first kappa shape index (κ1) is 23.3. The molecule has 4 aromatic rings. The molecule has 1 aromatic heterocycles. The van der Waals surface area contributed by atoms with E-state index >= 15 is 0 Å². The second-order valence-corrected chi connectivity index (χ2v) is 8.39. The lowest BCUT2D eigenvalue weighted by Gasteiger charge is -2.11. The lowest BCUT2D eigenvalue weighted by Crippen LogP contribution is -2.14. The molecular weight excluding hydrogens is 448 g/mol. The molecule has 1 N–H and O–H groups in total. The zero-order valence-corrected chi connectivity index (χ0v) is 19.9. The quantitative estimate of drug-likeness (QED) is 0.350. The van der Waals surface area contributed by atoms with Gasteiger partial charge >= 0.3 is 0 Å². The summed E-state index contributed by atoms with van der Waals surface area (Å²) in [6, 6.07) is 22.8. The smallest absolute Gasteiger partial charge is 0.234 e. The number of anilines is 1. The van der Waals surface area contributed by atoms with Crippen LogP contribution >= 0.6 is 11.8 Å². The number of rotatable bonds is 8. The lowest BCUT2D eigenvalue weighted by molar-refractivity contribution is -0.113. The van der Waals surface area contributed by atoms with Crippen LogP contribution in [0, 0.1) is 6.92 Å². The fourth-order valence-electron chi connectivity index (χ4n) is 3.23. The number of aryl methyl sites for hydroxylation is 1. The number of hydrogen-bond donors (Lipinski definition) is 1. The number of aromatic nitrogens is 3. The SMILES string of the molecule is COc1ccc(-c2nnc(SCC(=O)Nc3ccc(C)cc3)nc2-c2ccc(OC)cc2)cc1. The average Bonchev–Trinajstić information content (AvgIpc) is 2.89. The van der Waals surface area contributed by atoms with Gasteiger partial charge in [0.15, 0.2) is 0 Å². The summed E-state index contributed by atoms with van der Waals surface area (Å²) in [7, 11) is 3.25. The van der Waals surface area contributed by atoms with Crippen LogP contribution in [0.25, 0.3) is 22.5 Å². The largest absolute Gasteiger partial charge is 0.497 e. The molecule has 0 unspecified atom stereocenters. The summed E-state index contributed by atoms with van der Waals surface area (Å²) in [4.78, 5) is 17.2. The standard InChI is InChI=1S/C26H24N4O3S/c1-17-4-10-20(11-5-17)27-23(31)16-34-26-28-24(18-6-12-21(32-2)13-7-18)25(29-30-26)19-8-14-22(33-3)15-9-19/h4-15H,16H2,1-3H3,(H,27,31). The Morgan fingerprint density at radius 1 is 0.794 bits per heavy atom. The van der Waals surface area contributed by atoms with Crippen LogP contribution < -0.4 is 14.8 Å². The Morgan fingerprint density at radius 3 is 1.91 bits per heavy atom. The van der Waals surface area contributed by atoms with Crippen molar-refractivity contribution in [1.29, 1.82) is 0 Å². The maximum atomic E-state index is 12.4. The Kier molecular flexibility index (Phi) is 7.39. The predicted octanol–water partition coefficient (Wildman–Crippen LogP) is 5.26. The number of nitrogens with one attached hydrogen (secondary N) is 1. The Morgan fingerprint density at radius 2 is 1.35 bits per heavy atom. The number of carbonyl (C=O) groups excluding carboxylic acids is 1. The number of nitrogens with zero attached hydrogens (tertiary/aromatic N) is 3. The van der Waals surface area contributed by atoms with Gasteiger partial charge in [-0.2, -0.15) is 0 Å². The summed E-state index contributed by atoms with van der Waals surface area (Å²) in [5, 5.41) is 12.0. The summed E-state index contributed by atoms with van der Waals surface area (Å²) < 4.78 is 10.5. The van der Waals surface area contributed by atoms with E-state index in [0.717, 1.165) is 33.9 Å². The van der Waals surface area contributed by atoms with Gasteiger partial charge in [0.2, 0.25) is 11.1 Å². The van der Waals surface area contributed by atoms with Crippen LogP contribution in [0.15, 0.2) is 78.0 Å². The molecule has 4 rings (SSSR count). The van der Waals surface area contributed by atoms with Gasteiger partial charge in [-0.15, -0.1) is 10.2 Å². The van der Waals surface area contributed by atoms with Crippen LogP contribution in [0.2, 0.25) is 0 Å². The number of carbonyl (C=O) groups is 1. The van der Waals surface area contributed by atoms with Crippen LogP contribution in [0.1, 0.15) is 5.56 Å². The molecule has 34 heavy (non-hydrogen) atoms. The molecule has 0 aliphatic carbocycles. The number of methoxy groups -OCH3 is 2. The van der Waals surface area contributed by atoms with Gasteiger partial charge in [0.1, 0.15) is 22.9 Å². The second-order valence-electron chi connectivity index (χ2n) is 7.45. The lowest BCUT2D eigenvalue weighted by atomic mass is 10.0. The molecule has 0 saturated carbocycles. The fraction of sp³-hybridized carbons (Fsp3) is 0.154. The van der Waals surface area contributed by atoms with E-state index in [-0.39, 0.29) is 11.7 Å². The molecule has 0 fully saturated rings. The monoisotopic (exact) mass is 472 g/mol. The van der Waals surface area contributed by atoms with Crippen LogP contribution in [-0.4, -0.2) is 41.1 Å². The molecule has 172 valence electrons. The van der Waals surface area contributed by atoms with E-state index in [1.165, 1.54) is 11.8 Å². The summed E-state index contributed by atoms with van der Waals surface area (Å²) in [6.45, 7) is 2.00. The second kappa shape index (κ2) is 10.8. The average molecular weight is 473 g/mol. The van der Waals surface area contributed by atoms with Crippen molar-refractivity contribution in [3.05, 3.63) is 78.4 Å². The van der Waals surface area contributed by atoms with Gasteiger partial charge in [0, 0.05) is 16.8 Å². The van der Waals surface area contributed by atoms with Gasteiger partial charge in [0.25, 0.3) is 0 Å². The molecule has 0 aliphatic rings. The first-order valence-corrected chi connectivity index (χ1v) is 11.6. The molecule has 0 atom stereocenters. The molecule has 7 nitrogen and oxygen atoms in total. The first-order chi connectivity index (χ1) is 16.6. The van der Waals surface area contributed by atoms with Crippen LogP contribution in [0.3, 0.4) is 0 Å². The molecule has 1 heterocycles. The highest BCUT2D eigenvalue weighted by Gasteiger charge is 2.15. The van der Waals surface area contributed by atoms with Crippen molar-refractivity contribution in [3.63, 3.8) is 0 Å². The molecule has 0 spiro atoms. The third kappa shape index (κ3) is 5.71. The molecule has 0 radical (unpaired) electrons. The fourth-order valence-corrected chi connectivity index (χ4v) is 3.82. The minimum absolute atomic E-state index is 0.136. The minimum Gasteiger partial charge on any atom is -0.497 e. The Hall–Kier alpha value is -3.91. The predicted molar refractivity (Wildman–Crippen MR) is 134 cm³/mol. The van der Waals surface area contributed by atoms with Crippen LogP contribution in [-0.2, 0) is 4.79 Å². The summed E-state index contributed by atoms with van der Waals surface area (Å²) in [5.74, 6) is 1.53. The third-order valence-electron chi connectivity index (χ3n) is 5.06. The van der Waals surface area contributed by atoms with Crippen LogP contribution in [0.5, 0.6) is 11.5 Å². The number of hydrogen-bond acceptors (Lipinski definition) is 7. The minimum atomic E-state index is -0.136. The van der Waals surface area contributed by atoms with Crippen molar-refractivity contribution in [1.82, 2.24) is 15.2 Å². The first-order valence-electron chi connectivity index (χ1n) is 10.6. The zero-order valence-electron chi connectivity index (χ0n) is 19.1. The number of thioether (sulfide) groups is 1. The Bertz CT molecular complexity index is 1260. The Labute approximate surface area is 202 Å². The van der Waals surface area contributed by atoms with E-state index in [1.54, 1.807) is 14.2 Å². The molecular formula is C26H24N4O3S. The molecule has 1 amide bonds. The van der Waals surface area contributed by atoms with Gasteiger partial charge in [-0.25, -0.2) is 4.98 Å². The third-order valence-corrected chi connectivity index (χ3v) is 5.90. The van der Waals surface area contributed by atoms with Crippen molar-refractivity contribution >= 4 is 23.4 Å². The molecule has 0 bridgehead atoms. The molecule has 0 aliphatic heterocycles. The van der Waals surface area contributed by atoms with E-state index in [9.17, 15) is 4.79 Å².